The van der Waals surface area contributed by atoms with Gasteiger partial charge in [0.1, 0.15) is 0 Å². The number of hydrogen-bond acceptors (Lipinski definition) is 1. The molecule has 1 saturated carbocycles. The number of benzene rings is 1. The molecule has 0 aliphatic heterocycles. The molecule has 16 heavy (non-hydrogen) atoms. The third-order valence-corrected chi connectivity index (χ3v) is 5.79. The number of rotatable bonds is 1. The van der Waals surface area contributed by atoms with Crippen LogP contribution in [0.4, 0.5) is 0 Å². The van der Waals surface area contributed by atoms with E-state index in [-0.39, 0.29) is 0 Å². The fraction of sp³-hybridized carbons (Fsp3) is 0.250. The predicted molar refractivity (Wildman–Crippen MR) is 69.9 cm³/mol. The monoisotopic (exact) mass is 253 g/mol. The maximum absolute atomic E-state index is 12.5. The SMILES string of the molecule is CS(=O)(=C1CC1)c1cc2cc(Cl)ccc2[nH]1. The van der Waals surface area contributed by atoms with Gasteiger partial charge in [0.05, 0.1) is 5.03 Å². The first-order chi connectivity index (χ1) is 7.57. The Morgan fingerprint density at radius 2 is 2.06 bits per heavy atom. The molecule has 0 amide bonds. The van der Waals surface area contributed by atoms with Gasteiger partial charge in [-0.15, -0.1) is 0 Å². The summed E-state index contributed by atoms with van der Waals surface area (Å²) in [5.41, 5.74) is 0.996. The molecule has 4 heteroatoms. The van der Waals surface area contributed by atoms with Crippen molar-refractivity contribution in [3.05, 3.63) is 29.3 Å². The molecule has 1 heterocycles. The number of hydrogen-bond donors (Lipinski definition) is 1. The van der Waals surface area contributed by atoms with Crippen LogP contribution in [0.25, 0.3) is 10.9 Å². The summed E-state index contributed by atoms with van der Waals surface area (Å²) in [6, 6.07) is 7.61. The van der Waals surface area contributed by atoms with E-state index in [4.69, 9.17) is 11.6 Å². The van der Waals surface area contributed by atoms with Crippen molar-refractivity contribution in [3.63, 3.8) is 0 Å². The van der Waals surface area contributed by atoms with E-state index in [0.29, 0.717) is 5.02 Å². The van der Waals surface area contributed by atoms with Crippen LogP contribution in [0.5, 0.6) is 0 Å². The summed E-state index contributed by atoms with van der Waals surface area (Å²) >= 11 is 5.93. The molecule has 2 aromatic rings. The summed E-state index contributed by atoms with van der Waals surface area (Å²) in [7, 11) is -1.97. The Kier molecular flexibility index (Phi) is 2.10. The third kappa shape index (κ3) is 1.55. The molecule has 3 rings (SSSR count). The van der Waals surface area contributed by atoms with Crippen LogP contribution in [-0.2, 0) is 9.52 Å². The summed E-state index contributed by atoms with van der Waals surface area (Å²) in [6.45, 7) is 0. The second-order valence-electron chi connectivity index (χ2n) is 4.25. The van der Waals surface area contributed by atoms with Gasteiger partial charge in [-0.2, -0.15) is 0 Å². The summed E-state index contributed by atoms with van der Waals surface area (Å²) < 4.78 is 12.5. The van der Waals surface area contributed by atoms with E-state index in [2.05, 4.69) is 4.98 Å². The van der Waals surface area contributed by atoms with E-state index in [9.17, 15) is 4.21 Å². The number of aromatic nitrogens is 1. The molecule has 1 atom stereocenters. The van der Waals surface area contributed by atoms with Crippen molar-refractivity contribution >= 4 is 36.9 Å². The molecule has 0 saturated heterocycles. The highest BCUT2D eigenvalue weighted by Crippen LogP contribution is 2.27. The van der Waals surface area contributed by atoms with Gasteiger partial charge in [-0.1, -0.05) is 11.6 Å². The van der Waals surface area contributed by atoms with Gasteiger partial charge < -0.3 is 4.98 Å². The Morgan fingerprint density at radius 3 is 2.75 bits per heavy atom. The van der Waals surface area contributed by atoms with E-state index in [0.717, 1.165) is 28.8 Å². The van der Waals surface area contributed by atoms with Crippen LogP contribution in [0, 0.1) is 0 Å². The molecule has 1 N–H and O–H groups in total. The van der Waals surface area contributed by atoms with E-state index >= 15 is 0 Å². The highest BCUT2D eigenvalue weighted by atomic mass is 35.5. The topological polar surface area (TPSA) is 32.9 Å². The molecule has 1 unspecified atom stereocenters. The lowest BCUT2D eigenvalue weighted by Gasteiger charge is -1.99. The van der Waals surface area contributed by atoms with Gasteiger partial charge in [-0.25, -0.2) is 0 Å². The van der Waals surface area contributed by atoms with E-state index in [1.165, 1.54) is 4.86 Å². The first-order valence-corrected chi connectivity index (χ1v) is 7.54. The van der Waals surface area contributed by atoms with Crippen LogP contribution in [0.3, 0.4) is 0 Å². The van der Waals surface area contributed by atoms with Crippen LogP contribution in [0.2, 0.25) is 5.02 Å². The Bertz CT molecular complexity index is 686. The van der Waals surface area contributed by atoms with Crippen LogP contribution in [0.1, 0.15) is 12.8 Å². The molecule has 0 bridgehead atoms. The second-order valence-corrected chi connectivity index (χ2v) is 7.39. The molecule has 1 aliphatic carbocycles. The molecule has 1 aromatic heterocycles. The minimum atomic E-state index is -1.97. The average Bonchev–Trinajstić information content (AvgIpc) is 2.99. The largest absolute Gasteiger partial charge is 0.348 e. The summed E-state index contributed by atoms with van der Waals surface area (Å²) in [6.07, 6.45) is 3.83. The minimum absolute atomic E-state index is 0.708. The Hall–Kier alpha value is -0.930. The van der Waals surface area contributed by atoms with Crippen molar-refractivity contribution in [1.82, 2.24) is 4.98 Å². The summed E-state index contributed by atoms with van der Waals surface area (Å²) in [5, 5.41) is 2.57. The minimum Gasteiger partial charge on any atom is -0.348 e. The summed E-state index contributed by atoms with van der Waals surface area (Å²) in [5.74, 6) is 0. The lowest BCUT2D eigenvalue weighted by Crippen LogP contribution is -2.02. The smallest absolute Gasteiger partial charge is 0.0964 e. The van der Waals surface area contributed by atoms with E-state index < -0.39 is 9.52 Å². The Balaban J connectivity index is 2.27. The quantitative estimate of drug-likeness (QED) is 0.779. The highest BCUT2D eigenvalue weighted by Gasteiger charge is 2.23. The number of fused-ring (bicyclic) bond motifs is 1. The average molecular weight is 254 g/mol. The fourth-order valence-electron chi connectivity index (χ4n) is 1.88. The van der Waals surface area contributed by atoms with Crippen molar-refractivity contribution in [2.24, 2.45) is 0 Å². The standard InChI is InChI=1S/C12H12ClNOS/c1-16(15,10-3-4-10)12-7-8-6-9(13)2-5-11(8)14-12/h2,5-7,14H,3-4H2,1H3. The lowest BCUT2D eigenvalue weighted by atomic mass is 10.2. The molecular weight excluding hydrogens is 242 g/mol. The first-order valence-electron chi connectivity index (χ1n) is 5.19. The first kappa shape index (κ1) is 10.2. The van der Waals surface area contributed by atoms with Gasteiger partial charge in [0, 0.05) is 31.7 Å². The molecule has 0 spiro atoms. The predicted octanol–water partition coefficient (Wildman–Crippen LogP) is 3.06. The van der Waals surface area contributed by atoms with E-state index in [1.807, 2.05) is 30.5 Å². The Labute approximate surface area is 99.6 Å². The van der Waals surface area contributed by atoms with Gasteiger partial charge in [0.2, 0.25) is 0 Å². The summed E-state index contributed by atoms with van der Waals surface area (Å²) in [4.78, 5) is 4.40. The molecular formula is C12H12ClNOS. The van der Waals surface area contributed by atoms with Gasteiger partial charge in [-0.05, 0) is 42.0 Å². The van der Waals surface area contributed by atoms with E-state index in [1.54, 1.807) is 0 Å². The maximum atomic E-state index is 12.5. The molecule has 1 aromatic carbocycles. The lowest BCUT2D eigenvalue weighted by molar-refractivity contribution is 0.682. The molecule has 2 nitrogen and oxygen atoms in total. The molecule has 0 radical (unpaired) electrons. The van der Waals surface area contributed by atoms with Crippen LogP contribution >= 0.6 is 11.6 Å². The zero-order chi connectivity index (χ0) is 11.3. The van der Waals surface area contributed by atoms with Crippen molar-refractivity contribution in [2.75, 3.05) is 6.26 Å². The highest BCUT2D eigenvalue weighted by molar-refractivity contribution is 8.02. The van der Waals surface area contributed by atoms with Gasteiger partial charge in [0.15, 0.2) is 0 Å². The molecule has 84 valence electrons. The van der Waals surface area contributed by atoms with Gasteiger partial charge in [0.25, 0.3) is 0 Å². The van der Waals surface area contributed by atoms with Gasteiger partial charge in [-0.3, -0.25) is 4.21 Å². The van der Waals surface area contributed by atoms with Crippen molar-refractivity contribution in [3.8, 4) is 0 Å². The molecule has 1 aliphatic rings. The van der Waals surface area contributed by atoms with Gasteiger partial charge >= 0.3 is 0 Å². The Morgan fingerprint density at radius 1 is 1.31 bits per heavy atom. The van der Waals surface area contributed by atoms with Crippen LogP contribution in [0.15, 0.2) is 29.3 Å². The second kappa shape index (κ2) is 3.28. The third-order valence-electron chi connectivity index (χ3n) is 2.98. The molecule has 1 fully saturated rings. The van der Waals surface area contributed by atoms with Crippen LogP contribution in [-0.4, -0.2) is 20.3 Å². The normalized spacial score (nSPS) is 18.8. The van der Waals surface area contributed by atoms with Crippen molar-refractivity contribution < 1.29 is 4.21 Å². The fourth-order valence-corrected chi connectivity index (χ4v) is 3.91. The zero-order valence-corrected chi connectivity index (χ0v) is 10.5. The number of nitrogens with one attached hydrogen (secondary N) is 1. The number of aromatic amines is 1. The van der Waals surface area contributed by atoms with Crippen molar-refractivity contribution in [1.29, 1.82) is 0 Å². The maximum Gasteiger partial charge on any atom is 0.0964 e. The number of H-pyrrole nitrogens is 1. The van der Waals surface area contributed by atoms with Crippen LogP contribution < -0.4 is 0 Å². The number of halogens is 1. The zero-order valence-electron chi connectivity index (χ0n) is 8.92. The van der Waals surface area contributed by atoms with Crippen molar-refractivity contribution in [2.45, 2.75) is 17.9 Å².